The van der Waals surface area contributed by atoms with E-state index in [0.717, 1.165) is 32.4 Å². The number of hydrogen-bond donors (Lipinski definition) is 0. The third-order valence-electron chi connectivity index (χ3n) is 3.92. The largest absolute Gasteiger partial charge is 0.308 e. The van der Waals surface area contributed by atoms with Crippen LogP contribution < -0.4 is 0 Å². The van der Waals surface area contributed by atoms with Crippen molar-refractivity contribution in [2.24, 2.45) is 0 Å². The minimum absolute atomic E-state index is 0.251. The van der Waals surface area contributed by atoms with Gasteiger partial charge in [0.25, 0.3) is 0 Å². The Balaban J connectivity index is 1.98. The first-order valence-corrected chi connectivity index (χ1v) is 6.61. The first-order chi connectivity index (χ1) is 7.68. The summed E-state index contributed by atoms with van der Waals surface area (Å²) < 4.78 is 0. The maximum atomic E-state index is 12.0. The van der Waals surface area contributed by atoms with Gasteiger partial charge in [-0.1, -0.05) is 6.42 Å². The highest BCUT2D eigenvalue weighted by molar-refractivity contribution is 5.84. The number of likely N-dealkylation sites (tertiary alicyclic amines) is 1. The summed E-state index contributed by atoms with van der Waals surface area (Å²) in [5.74, 6) is 0.497. The van der Waals surface area contributed by atoms with Crippen LogP contribution in [0.3, 0.4) is 0 Å². The second-order valence-corrected chi connectivity index (χ2v) is 5.52. The lowest BCUT2D eigenvalue weighted by Gasteiger charge is -2.35. The number of carbonyl (C=O) groups is 1. The summed E-state index contributed by atoms with van der Waals surface area (Å²) in [4.78, 5) is 16.7. The minimum Gasteiger partial charge on any atom is -0.308 e. The smallest absolute Gasteiger partial charge is 0.149 e. The predicted octanol–water partition coefficient (Wildman–Crippen LogP) is 1.52. The van der Waals surface area contributed by atoms with Crippen LogP contribution in [0, 0.1) is 0 Å². The zero-order chi connectivity index (χ0) is 11.5. The zero-order valence-electron chi connectivity index (χ0n) is 10.6. The van der Waals surface area contributed by atoms with Crippen molar-refractivity contribution in [3.8, 4) is 0 Å². The summed E-state index contributed by atoms with van der Waals surface area (Å²) in [5.41, 5.74) is 0. The first-order valence-electron chi connectivity index (χ1n) is 6.61. The molecule has 3 nitrogen and oxygen atoms in total. The molecule has 0 bridgehead atoms. The number of rotatable bonds is 3. The van der Waals surface area contributed by atoms with Crippen LogP contribution in [-0.2, 0) is 4.79 Å². The van der Waals surface area contributed by atoms with Crippen molar-refractivity contribution in [3.63, 3.8) is 0 Å². The summed E-state index contributed by atoms with van der Waals surface area (Å²) in [6, 6.07) is 0.864. The van der Waals surface area contributed by atoms with E-state index in [1.54, 1.807) is 0 Å². The Morgan fingerprint density at radius 2 is 2.06 bits per heavy atom. The standard InChI is InChI=1S/C13H24N2O/c1-14(2)10-11-6-5-9-15(11)12-7-3-4-8-13(12)16/h11-12H,3-10H2,1-2H3. The quantitative estimate of drug-likeness (QED) is 0.726. The van der Waals surface area contributed by atoms with E-state index < -0.39 is 0 Å². The molecular formula is C13H24N2O. The molecule has 0 N–H and O–H groups in total. The summed E-state index contributed by atoms with van der Waals surface area (Å²) in [6.45, 7) is 2.23. The maximum absolute atomic E-state index is 12.0. The summed E-state index contributed by atoms with van der Waals surface area (Å²) in [7, 11) is 4.25. The van der Waals surface area contributed by atoms with Crippen LogP contribution in [0.25, 0.3) is 0 Å². The molecular weight excluding hydrogens is 200 g/mol. The van der Waals surface area contributed by atoms with Gasteiger partial charge in [0.1, 0.15) is 5.78 Å². The molecule has 92 valence electrons. The van der Waals surface area contributed by atoms with Gasteiger partial charge in [0.2, 0.25) is 0 Å². The highest BCUT2D eigenvalue weighted by Gasteiger charge is 2.35. The Hall–Kier alpha value is -0.410. The molecule has 2 rings (SSSR count). The van der Waals surface area contributed by atoms with Crippen LogP contribution in [0.2, 0.25) is 0 Å². The lowest BCUT2D eigenvalue weighted by Crippen LogP contribution is -2.48. The number of Topliss-reactive ketones (excluding diaryl/α,β-unsaturated/α-hetero) is 1. The van der Waals surface area contributed by atoms with Crippen LogP contribution >= 0.6 is 0 Å². The third-order valence-corrected chi connectivity index (χ3v) is 3.92. The van der Waals surface area contributed by atoms with Gasteiger partial charge in [-0.2, -0.15) is 0 Å². The number of hydrogen-bond acceptors (Lipinski definition) is 3. The predicted molar refractivity (Wildman–Crippen MR) is 65.5 cm³/mol. The van der Waals surface area contributed by atoms with Gasteiger partial charge < -0.3 is 4.90 Å². The molecule has 2 unspecified atom stereocenters. The van der Waals surface area contributed by atoms with Crippen molar-refractivity contribution in [2.75, 3.05) is 27.2 Å². The van der Waals surface area contributed by atoms with E-state index in [1.165, 1.54) is 19.3 Å². The number of ketones is 1. The van der Waals surface area contributed by atoms with Crippen molar-refractivity contribution in [3.05, 3.63) is 0 Å². The van der Waals surface area contributed by atoms with Crippen molar-refractivity contribution >= 4 is 5.78 Å². The monoisotopic (exact) mass is 224 g/mol. The van der Waals surface area contributed by atoms with Gasteiger partial charge in [-0.05, 0) is 46.3 Å². The highest BCUT2D eigenvalue weighted by Crippen LogP contribution is 2.27. The van der Waals surface area contributed by atoms with E-state index in [4.69, 9.17) is 0 Å². The minimum atomic E-state index is 0.251. The number of nitrogens with zero attached hydrogens (tertiary/aromatic N) is 2. The van der Waals surface area contributed by atoms with Crippen molar-refractivity contribution in [2.45, 2.75) is 50.6 Å². The third kappa shape index (κ3) is 2.64. The summed E-state index contributed by atoms with van der Waals surface area (Å²) >= 11 is 0. The molecule has 0 aromatic carbocycles. The van der Waals surface area contributed by atoms with Gasteiger partial charge in [0.05, 0.1) is 6.04 Å². The Morgan fingerprint density at radius 3 is 2.75 bits per heavy atom. The highest BCUT2D eigenvalue weighted by atomic mass is 16.1. The summed E-state index contributed by atoms with van der Waals surface area (Å²) in [6.07, 6.45) is 6.80. The van der Waals surface area contributed by atoms with Crippen molar-refractivity contribution in [1.29, 1.82) is 0 Å². The van der Waals surface area contributed by atoms with E-state index in [2.05, 4.69) is 23.9 Å². The normalized spacial score (nSPS) is 32.6. The summed E-state index contributed by atoms with van der Waals surface area (Å²) in [5, 5.41) is 0. The fourth-order valence-corrected chi connectivity index (χ4v) is 3.20. The van der Waals surface area contributed by atoms with Crippen LogP contribution in [0.4, 0.5) is 0 Å². The molecule has 1 saturated carbocycles. The average molecular weight is 224 g/mol. The van der Waals surface area contributed by atoms with Gasteiger partial charge in [0.15, 0.2) is 0 Å². The molecule has 2 aliphatic rings. The molecule has 2 fully saturated rings. The van der Waals surface area contributed by atoms with E-state index in [1.807, 2.05) is 0 Å². The maximum Gasteiger partial charge on any atom is 0.149 e. The van der Waals surface area contributed by atoms with E-state index in [-0.39, 0.29) is 6.04 Å². The van der Waals surface area contributed by atoms with Crippen molar-refractivity contribution < 1.29 is 4.79 Å². The van der Waals surface area contributed by atoms with E-state index in [0.29, 0.717) is 11.8 Å². The molecule has 2 atom stereocenters. The van der Waals surface area contributed by atoms with Crippen LogP contribution in [-0.4, -0.2) is 54.9 Å². The Kier molecular flexibility index (Phi) is 3.98. The molecule has 1 aliphatic carbocycles. The Morgan fingerprint density at radius 1 is 1.25 bits per heavy atom. The molecule has 1 saturated heterocycles. The lowest BCUT2D eigenvalue weighted by atomic mass is 9.92. The average Bonchev–Trinajstić information content (AvgIpc) is 2.66. The topological polar surface area (TPSA) is 23.6 Å². The van der Waals surface area contributed by atoms with Crippen LogP contribution in [0.5, 0.6) is 0 Å². The molecule has 0 aromatic heterocycles. The number of carbonyl (C=O) groups excluding carboxylic acids is 1. The fourth-order valence-electron chi connectivity index (χ4n) is 3.20. The molecule has 0 aromatic rings. The van der Waals surface area contributed by atoms with Gasteiger partial charge in [-0.15, -0.1) is 0 Å². The SMILES string of the molecule is CN(C)CC1CCCN1C1CCCCC1=O. The zero-order valence-corrected chi connectivity index (χ0v) is 10.6. The molecule has 0 spiro atoms. The second-order valence-electron chi connectivity index (χ2n) is 5.52. The van der Waals surface area contributed by atoms with Gasteiger partial charge in [-0.25, -0.2) is 0 Å². The molecule has 3 heteroatoms. The van der Waals surface area contributed by atoms with Gasteiger partial charge >= 0.3 is 0 Å². The van der Waals surface area contributed by atoms with Crippen LogP contribution in [0.1, 0.15) is 38.5 Å². The van der Waals surface area contributed by atoms with Gasteiger partial charge in [-0.3, -0.25) is 9.69 Å². The van der Waals surface area contributed by atoms with E-state index in [9.17, 15) is 4.79 Å². The van der Waals surface area contributed by atoms with E-state index >= 15 is 0 Å². The Labute approximate surface area is 98.8 Å². The van der Waals surface area contributed by atoms with Crippen LogP contribution in [0.15, 0.2) is 0 Å². The number of likely N-dealkylation sites (N-methyl/N-ethyl adjacent to an activating group) is 1. The molecule has 16 heavy (non-hydrogen) atoms. The second kappa shape index (κ2) is 5.28. The molecule has 0 radical (unpaired) electrons. The first kappa shape index (κ1) is 12.1. The fraction of sp³-hybridized carbons (Fsp3) is 0.923. The van der Waals surface area contributed by atoms with Gasteiger partial charge in [0, 0.05) is 19.0 Å². The van der Waals surface area contributed by atoms with Crippen molar-refractivity contribution in [1.82, 2.24) is 9.80 Å². The molecule has 1 aliphatic heterocycles. The Bertz CT molecular complexity index is 252. The lowest BCUT2D eigenvalue weighted by molar-refractivity contribution is -0.126. The molecule has 0 amide bonds. The molecule has 1 heterocycles.